The Morgan fingerprint density at radius 3 is 2.40 bits per heavy atom. The number of benzene rings is 1. The topological polar surface area (TPSA) is 49.4 Å². The summed E-state index contributed by atoms with van der Waals surface area (Å²) >= 11 is 5.85. The van der Waals surface area contributed by atoms with Crippen LogP contribution in [0.5, 0.6) is 0 Å². The number of sulfonamides is 1. The van der Waals surface area contributed by atoms with E-state index in [4.69, 9.17) is 11.6 Å². The molecule has 0 unspecified atom stereocenters. The van der Waals surface area contributed by atoms with Gasteiger partial charge in [-0.2, -0.15) is 4.31 Å². The van der Waals surface area contributed by atoms with Gasteiger partial charge in [0.05, 0.1) is 5.02 Å². The predicted octanol–water partition coefficient (Wildman–Crippen LogP) is 1.74. The Labute approximate surface area is 128 Å². The maximum Gasteiger partial charge on any atom is 0.247 e. The summed E-state index contributed by atoms with van der Waals surface area (Å²) in [6.45, 7) is 2.51. The highest BCUT2D eigenvalue weighted by molar-refractivity contribution is 7.89. The van der Waals surface area contributed by atoms with Crippen molar-refractivity contribution in [1.82, 2.24) is 9.62 Å². The fourth-order valence-electron chi connectivity index (χ4n) is 2.87. The molecule has 0 aromatic heterocycles. The normalized spacial score (nSPS) is 26.3. The van der Waals surface area contributed by atoms with E-state index >= 15 is 0 Å². The zero-order valence-electron chi connectivity index (χ0n) is 10.6. The molecule has 112 valence electrons. The molecule has 1 N–H and O–H groups in total. The molecule has 2 fully saturated rings. The minimum absolute atomic E-state index is 0. The maximum atomic E-state index is 13.8. The molecule has 0 saturated carbocycles. The minimum atomic E-state index is -3.84. The Hall–Kier alpha value is -0.400. The smallest absolute Gasteiger partial charge is 0.247 e. The van der Waals surface area contributed by atoms with Gasteiger partial charge in [-0.1, -0.05) is 17.7 Å². The molecule has 3 rings (SSSR count). The molecule has 20 heavy (non-hydrogen) atoms. The van der Waals surface area contributed by atoms with Crippen molar-refractivity contribution in [2.45, 2.75) is 4.90 Å². The Kier molecular flexibility index (Phi) is 4.61. The van der Waals surface area contributed by atoms with E-state index in [-0.39, 0.29) is 17.4 Å². The van der Waals surface area contributed by atoms with Crippen molar-refractivity contribution in [1.29, 1.82) is 0 Å². The van der Waals surface area contributed by atoms with Gasteiger partial charge in [-0.25, -0.2) is 12.8 Å². The quantitative estimate of drug-likeness (QED) is 0.892. The molecule has 8 heteroatoms. The summed E-state index contributed by atoms with van der Waals surface area (Å²) < 4.78 is 40.1. The lowest BCUT2D eigenvalue weighted by Gasteiger charge is -2.18. The lowest BCUT2D eigenvalue weighted by Crippen LogP contribution is -2.32. The van der Waals surface area contributed by atoms with E-state index in [1.165, 1.54) is 16.4 Å². The molecule has 2 aliphatic rings. The van der Waals surface area contributed by atoms with Gasteiger partial charge < -0.3 is 5.32 Å². The summed E-state index contributed by atoms with van der Waals surface area (Å²) in [5.74, 6) is -0.150. The zero-order valence-corrected chi connectivity index (χ0v) is 12.9. The third-order valence-electron chi connectivity index (χ3n) is 3.87. The third kappa shape index (κ3) is 2.55. The van der Waals surface area contributed by atoms with Crippen LogP contribution in [0.25, 0.3) is 0 Å². The lowest BCUT2D eigenvalue weighted by molar-refractivity contribution is 0.443. The second-order valence-corrected chi connectivity index (χ2v) is 7.33. The minimum Gasteiger partial charge on any atom is -0.316 e. The SMILES string of the molecule is Cl.O=S(=O)(c1c(F)cccc1Cl)N1C[C@H]2CNC[C@H]2C1. The second kappa shape index (κ2) is 5.77. The number of rotatable bonds is 2. The largest absolute Gasteiger partial charge is 0.316 e. The molecule has 4 nitrogen and oxygen atoms in total. The molecule has 0 amide bonds. The summed E-state index contributed by atoms with van der Waals surface area (Å²) in [7, 11) is -3.84. The molecule has 0 spiro atoms. The molecule has 1 aromatic rings. The number of hydrogen-bond acceptors (Lipinski definition) is 3. The fourth-order valence-corrected chi connectivity index (χ4v) is 4.98. The van der Waals surface area contributed by atoms with E-state index < -0.39 is 20.7 Å². The molecule has 2 aliphatic heterocycles. The van der Waals surface area contributed by atoms with Crippen LogP contribution in [0.2, 0.25) is 5.02 Å². The van der Waals surface area contributed by atoms with Gasteiger partial charge in [0.1, 0.15) is 10.7 Å². The Balaban J connectivity index is 0.00000147. The van der Waals surface area contributed by atoms with Crippen LogP contribution in [0.15, 0.2) is 23.1 Å². The van der Waals surface area contributed by atoms with Gasteiger partial charge in [0.25, 0.3) is 0 Å². The van der Waals surface area contributed by atoms with Crippen LogP contribution in [0.3, 0.4) is 0 Å². The summed E-state index contributed by atoms with van der Waals surface area (Å²) in [6, 6.07) is 3.92. The molecule has 2 heterocycles. The van der Waals surface area contributed by atoms with Gasteiger partial charge >= 0.3 is 0 Å². The average molecular weight is 341 g/mol. The lowest BCUT2D eigenvalue weighted by atomic mass is 10.0. The molecule has 2 atom stereocenters. The Bertz CT molecular complexity index is 579. The molecule has 0 aliphatic carbocycles. The van der Waals surface area contributed by atoms with Gasteiger partial charge in [-0.05, 0) is 37.1 Å². The first-order chi connectivity index (χ1) is 9.00. The first-order valence-electron chi connectivity index (χ1n) is 6.15. The van der Waals surface area contributed by atoms with Crippen molar-refractivity contribution in [3.05, 3.63) is 29.0 Å². The van der Waals surface area contributed by atoms with Crippen molar-refractivity contribution in [3.8, 4) is 0 Å². The predicted molar refractivity (Wildman–Crippen MR) is 77.3 cm³/mol. The number of halogens is 3. The molecular formula is C12H15Cl2FN2O2S. The summed E-state index contributed by atoms with van der Waals surface area (Å²) in [4.78, 5) is -0.399. The highest BCUT2D eigenvalue weighted by Gasteiger charge is 2.42. The van der Waals surface area contributed by atoms with E-state index in [9.17, 15) is 12.8 Å². The number of fused-ring (bicyclic) bond motifs is 1. The van der Waals surface area contributed by atoms with Crippen molar-refractivity contribution in [2.24, 2.45) is 11.8 Å². The first kappa shape index (κ1) is 16.0. The fraction of sp³-hybridized carbons (Fsp3) is 0.500. The van der Waals surface area contributed by atoms with Crippen molar-refractivity contribution >= 4 is 34.0 Å². The Morgan fingerprint density at radius 2 is 1.85 bits per heavy atom. The average Bonchev–Trinajstić information content (AvgIpc) is 2.87. The highest BCUT2D eigenvalue weighted by Crippen LogP contribution is 2.34. The van der Waals surface area contributed by atoms with Crippen molar-refractivity contribution < 1.29 is 12.8 Å². The van der Waals surface area contributed by atoms with Crippen LogP contribution in [-0.4, -0.2) is 38.9 Å². The summed E-state index contributed by atoms with van der Waals surface area (Å²) in [5.41, 5.74) is 0. The molecule has 0 radical (unpaired) electrons. The van der Waals surface area contributed by atoms with Crippen LogP contribution in [0, 0.1) is 17.7 Å². The third-order valence-corrected chi connectivity index (χ3v) is 6.21. The molecular weight excluding hydrogens is 326 g/mol. The van der Waals surface area contributed by atoms with Gasteiger partial charge in [0, 0.05) is 13.1 Å². The van der Waals surface area contributed by atoms with E-state index in [2.05, 4.69) is 5.32 Å². The van der Waals surface area contributed by atoms with E-state index in [1.54, 1.807) is 0 Å². The van der Waals surface area contributed by atoms with Crippen molar-refractivity contribution in [3.63, 3.8) is 0 Å². The van der Waals surface area contributed by atoms with E-state index in [0.29, 0.717) is 24.9 Å². The maximum absolute atomic E-state index is 13.8. The zero-order chi connectivity index (χ0) is 13.6. The number of nitrogens with one attached hydrogen (secondary N) is 1. The number of nitrogens with zero attached hydrogens (tertiary/aromatic N) is 1. The first-order valence-corrected chi connectivity index (χ1v) is 7.97. The molecule has 2 saturated heterocycles. The summed E-state index contributed by atoms with van der Waals surface area (Å²) in [5, 5.41) is 3.18. The molecule has 0 bridgehead atoms. The molecule has 1 aromatic carbocycles. The second-order valence-electron chi connectivity index (χ2n) is 5.05. The van der Waals surface area contributed by atoms with Crippen LogP contribution in [0.4, 0.5) is 4.39 Å². The van der Waals surface area contributed by atoms with Crippen LogP contribution < -0.4 is 5.32 Å². The monoisotopic (exact) mass is 340 g/mol. The highest BCUT2D eigenvalue weighted by atomic mass is 35.5. The van der Waals surface area contributed by atoms with Gasteiger partial charge in [0.2, 0.25) is 10.0 Å². The van der Waals surface area contributed by atoms with Crippen LogP contribution in [-0.2, 0) is 10.0 Å². The van der Waals surface area contributed by atoms with Gasteiger partial charge in [0.15, 0.2) is 0 Å². The van der Waals surface area contributed by atoms with Crippen molar-refractivity contribution in [2.75, 3.05) is 26.2 Å². The standard InChI is InChI=1S/C12H14ClFN2O2S.ClH/c13-10-2-1-3-11(14)12(10)19(17,18)16-6-8-4-15-5-9(8)7-16;/h1-3,8-9,15H,4-7H2;1H/t8-,9+;. The van der Waals surface area contributed by atoms with Crippen LogP contribution in [0.1, 0.15) is 0 Å². The van der Waals surface area contributed by atoms with Gasteiger partial charge in [-0.15, -0.1) is 12.4 Å². The Morgan fingerprint density at radius 1 is 1.25 bits per heavy atom. The van der Waals surface area contributed by atoms with E-state index in [0.717, 1.165) is 19.2 Å². The number of hydrogen-bond donors (Lipinski definition) is 1. The van der Waals surface area contributed by atoms with Gasteiger partial charge in [-0.3, -0.25) is 0 Å². The van der Waals surface area contributed by atoms with Crippen LogP contribution >= 0.6 is 24.0 Å². The van der Waals surface area contributed by atoms with E-state index in [1.807, 2.05) is 0 Å². The summed E-state index contributed by atoms with van der Waals surface area (Å²) in [6.07, 6.45) is 0.